The molecule has 0 aliphatic heterocycles. The average Bonchev–Trinajstić information content (AvgIpc) is 2.05. The molecule has 0 aliphatic carbocycles. The highest BCUT2D eigenvalue weighted by Crippen LogP contribution is 1.93. The molecule has 0 saturated carbocycles. The fraction of sp³-hybridized carbons (Fsp3) is 0.875. The van der Waals surface area contributed by atoms with E-state index in [2.05, 4.69) is 0 Å². The highest BCUT2D eigenvalue weighted by molar-refractivity contribution is 5.81. The maximum absolute atomic E-state index is 10.5. The van der Waals surface area contributed by atoms with Crippen LogP contribution in [0, 0.1) is 0 Å². The second-order valence-electron chi connectivity index (χ2n) is 2.08. The molecule has 0 fully saturated rings. The summed E-state index contributed by atoms with van der Waals surface area (Å²) < 4.78 is 4.83. The van der Waals surface area contributed by atoms with E-state index in [1.165, 1.54) is 14.0 Å². The molecule has 0 amide bonds. The molecule has 0 aromatic heterocycles. The van der Waals surface area contributed by atoms with Crippen molar-refractivity contribution in [3.8, 4) is 0 Å². The Bertz CT molecular complexity index is 104. The number of Topliss-reactive ketones (excluding diaryl/α,β-unsaturated/α-hetero) is 1. The third kappa shape index (κ3) is 6.01. The second-order valence-corrected chi connectivity index (χ2v) is 2.08. The molecule has 3 nitrogen and oxygen atoms in total. The highest BCUT2D eigenvalue weighted by atomic mass is 16.5. The third-order valence-electron chi connectivity index (χ3n) is 1.35. The zero-order valence-electron chi connectivity index (χ0n) is 8.05. The monoisotopic (exact) mass is 161 g/mol. The number of hydrogen-bond acceptors (Lipinski definition) is 3. The molecular weight excluding hydrogens is 142 g/mol. The van der Waals surface area contributed by atoms with Gasteiger partial charge in [0.25, 0.3) is 0 Å². The molecule has 0 aliphatic rings. The van der Waals surface area contributed by atoms with Crippen LogP contribution in [-0.4, -0.2) is 25.0 Å². The number of carbonyl (C=O) groups is 1. The Morgan fingerprint density at radius 1 is 1.45 bits per heavy atom. The van der Waals surface area contributed by atoms with Crippen molar-refractivity contribution in [2.24, 2.45) is 5.73 Å². The van der Waals surface area contributed by atoms with Crippen LogP contribution in [0.3, 0.4) is 0 Å². The first-order valence-corrected chi connectivity index (χ1v) is 3.88. The lowest BCUT2D eigenvalue weighted by atomic mass is 10.1. The van der Waals surface area contributed by atoms with Gasteiger partial charge in [0.2, 0.25) is 0 Å². The van der Waals surface area contributed by atoms with E-state index in [0.29, 0.717) is 0 Å². The molecule has 2 unspecified atom stereocenters. The number of nitrogens with two attached hydrogens (primary N) is 1. The Labute approximate surface area is 68.9 Å². The highest BCUT2D eigenvalue weighted by Gasteiger charge is 2.15. The van der Waals surface area contributed by atoms with Crippen molar-refractivity contribution >= 4 is 5.78 Å². The normalized spacial score (nSPS) is 14.4. The van der Waals surface area contributed by atoms with E-state index in [0.717, 1.165) is 0 Å². The van der Waals surface area contributed by atoms with Crippen molar-refractivity contribution in [3.05, 3.63) is 0 Å². The number of hydrogen-bond donors (Lipinski definition) is 1. The quantitative estimate of drug-likeness (QED) is 0.671. The average molecular weight is 161 g/mol. The first kappa shape index (κ1) is 13.2. The Kier molecular flexibility index (Phi) is 9.23. The van der Waals surface area contributed by atoms with Crippen LogP contribution in [-0.2, 0) is 9.53 Å². The topological polar surface area (TPSA) is 52.3 Å². The van der Waals surface area contributed by atoms with E-state index in [1.807, 2.05) is 13.8 Å². The van der Waals surface area contributed by atoms with Gasteiger partial charge in [-0.2, -0.15) is 0 Å². The summed E-state index contributed by atoms with van der Waals surface area (Å²) in [7, 11) is 1.54. The van der Waals surface area contributed by atoms with Crippen LogP contribution < -0.4 is 5.73 Å². The standard InChI is InChI=1S/C6H13NO2.C2H6/c1-4(8)6(7)5(2)9-3;1-2/h5-6H,7H2,1-3H3;1-2H3. The van der Waals surface area contributed by atoms with Crippen LogP contribution in [0.2, 0.25) is 0 Å². The lowest BCUT2D eigenvalue weighted by molar-refractivity contribution is -0.120. The Morgan fingerprint density at radius 3 is 1.91 bits per heavy atom. The van der Waals surface area contributed by atoms with Gasteiger partial charge < -0.3 is 10.5 Å². The van der Waals surface area contributed by atoms with Gasteiger partial charge in [-0.1, -0.05) is 13.8 Å². The predicted molar refractivity (Wildman–Crippen MR) is 46.5 cm³/mol. The fourth-order valence-electron chi connectivity index (χ4n) is 0.477. The van der Waals surface area contributed by atoms with Gasteiger partial charge in [0, 0.05) is 7.11 Å². The number of ether oxygens (including phenoxy) is 1. The van der Waals surface area contributed by atoms with Gasteiger partial charge in [0.15, 0.2) is 0 Å². The van der Waals surface area contributed by atoms with Crippen LogP contribution in [0.5, 0.6) is 0 Å². The summed E-state index contributed by atoms with van der Waals surface area (Å²) in [6.45, 7) is 7.23. The number of carbonyl (C=O) groups excluding carboxylic acids is 1. The molecule has 68 valence electrons. The minimum Gasteiger partial charge on any atom is -0.380 e. The molecule has 0 heterocycles. The Morgan fingerprint density at radius 2 is 1.82 bits per heavy atom. The molecule has 2 N–H and O–H groups in total. The van der Waals surface area contributed by atoms with Crippen molar-refractivity contribution in [1.82, 2.24) is 0 Å². The molecule has 0 aromatic carbocycles. The van der Waals surface area contributed by atoms with Crippen LogP contribution in [0.15, 0.2) is 0 Å². The number of ketones is 1. The van der Waals surface area contributed by atoms with Crippen molar-refractivity contribution < 1.29 is 9.53 Å². The predicted octanol–water partition coefficient (Wildman–Crippen LogP) is 0.964. The summed E-state index contributed by atoms with van der Waals surface area (Å²) in [5.74, 6) is -0.0376. The van der Waals surface area contributed by atoms with Crippen LogP contribution in [0.1, 0.15) is 27.7 Å². The van der Waals surface area contributed by atoms with Gasteiger partial charge in [0.1, 0.15) is 5.78 Å². The van der Waals surface area contributed by atoms with Crippen molar-refractivity contribution in [2.45, 2.75) is 39.8 Å². The SMILES string of the molecule is CC.COC(C)C(N)C(C)=O. The molecule has 0 rings (SSSR count). The van der Waals surface area contributed by atoms with Crippen LogP contribution >= 0.6 is 0 Å². The number of methoxy groups -OCH3 is 1. The summed E-state index contributed by atoms with van der Waals surface area (Å²) in [5.41, 5.74) is 5.40. The van der Waals surface area contributed by atoms with Gasteiger partial charge in [-0.05, 0) is 13.8 Å². The van der Waals surface area contributed by atoms with Gasteiger partial charge in [-0.15, -0.1) is 0 Å². The van der Waals surface area contributed by atoms with Crippen molar-refractivity contribution in [2.75, 3.05) is 7.11 Å². The second kappa shape index (κ2) is 7.69. The number of rotatable bonds is 3. The molecule has 0 radical (unpaired) electrons. The third-order valence-corrected chi connectivity index (χ3v) is 1.35. The van der Waals surface area contributed by atoms with Gasteiger partial charge in [0.05, 0.1) is 12.1 Å². The molecule has 0 aromatic rings. The lowest BCUT2D eigenvalue weighted by Crippen LogP contribution is -2.39. The first-order chi connectivity index (χ1) is 5.09. The molecule has 0 saturated heterocycles. The minimum absolute atomic E-state index is 0.0376. The van der Waals surface area contributed by atoms with Crippen molar-refractivity contribution in [1.29, 1.82) is 0 Å². The summed E-state index contributed by atoms with van der Waals surface area (Å²) in [4.78, 5) is 10.5. The summed E-state index contributed by atoms with van der Waals surface area (Å²) in [5, 5.41) is 0. The van der Waals surface area contributed by atoms with Crippen molar-refractivity contribution in [3.63, 3.8) is 0 Å². The van der Waals surface area contributed by atoms with Crippen LogP contribution in [0.25, 0.3) is 0 Å². The first-order valence-electron chi connectivity index (χ1n) is 3.88. The smallest absolute Gasteiger partial charge is 0.149 e. The van der Waals surface area contributed by atoms with E-state index in [1.54, 1.807) is 6.92 Å². The minimum atomic E-state index is -0.477. The van der Waals surface area contributed by atoms with E-state index in [9.17, 15) is 4.79 Å². The van der Waals surface area contributed by atoms with E-state index in [-0.39, 0.29) is 11.9 Å². The fourth-order valence-corrected chi connectivity index (χ4v) is 0.477. The Hall–Kier alpha value is -0.410. The maximum Gasteiger partial charge on any atom is 0.149 e. The summed E-state index contributed by atoms with van der Waals surface area (Å²) in [6, 6.07) is -0.477. The largest absolute Gasteiger partial charge is 0.380 e. The lowest BCUT2D eigenvalue weighted by Gasteiger charge is -2.14. The van der Waals surface area contributed by atoms with E-state index < -0.39 is 6.04 Å². The van der Waals surface area contributed by atoms with Crippen LogP contribution in [0.4, 0.5) is 0 Å². The molecule has 0 bridgehead atoms. The van der Waals surface area contributed by atoms with Gasteiger partial charge >= 0.3 is 0 Å². The zero-order valence-corrected chi connectivity index (χ0v) is 8.05. The maximum atomic E-state index is 10.5. The zero-order chi connectivity index (χ0) is 9.44. The molecule has 2 atom stereocenters. The Balaban J connectivity index is 0. The van der Waals surface area contributed by atoms with E-state index in [4.69, 9.17) is 10.5 Å². The molecular formula is C8H19NO2. The van der Waals surface area contributed by atoms with E-state index >= 15 is 0 Å². The molecule has 3 heteroatoms. The summed E-state index contributed by atoms with van der Waals surface area (Å²) >= 11 is 0. The van der Waals surface area contributed by atoms with Gasteiger partial charge in [-0.25, -0.2) is 0 Å². The molecule has 0 spiro atoms. The molecule has 11 heavy (non-hydrogen) atoms. The summed E-state index contributed by atoms with van der Waals surface area (Å²) in [6.07, 6.45) is -0.178. The van der Waals surface area contributed by atoms with Gasteiger partial charge in [-0.3, -0.25) is 4.79 Å².